The van der Waals surface area contributed by atoms with Crippen LogP contribution in [0.3, 0.4) is 0 Å². The number of rotatable bonds is 2. The smallest absolute Gasteiger partial charge is 0.211 e. The monoisotopic (exact) mass is 139 g/mol. The Balaban J connectivity index is 2.55. The highest BCUT2D eigenvalue weighted by atomic mass is 16.5. The number of hydrogen-bond donors (Lipinski definition) is 0. The van der Waals surface area contributed by atoms with Gasteiger partial charge in [-0.1, -0.05) is 13.0 Å². The molecule has 0 saturated heterocycles. The molecule has 0 aromatic heterocycles. The number of nitrogens with zero attached hydrogens (tertiary/aromatic N) is 1. The second kappa shape index (κ2) is 3.40. The molecule has 0 saturated carbocycles. The standard InChI is InChI=1S/C8H13NO/c1-3-4-7(2)8-9-5-6-10-8/h4H,3,5-6H2,1-2H3/b7-4+. The van der Waals surface area contributed by atoms with Crippen LogP contribution in [0.4, 0.5) is 0 Å². The van der Waals surface area contributed by atoms with Crippen LogP contribution in [0.2, 0.25) is 0 Å². The summed E-state index contributed by atoms with van der Waals surface area (Å²) in [5.74, 6) is 0.835. The van der Waals surface area contributed by atoms with Gasteiger partial charge in [-0.2, -0.15) is 0 Å². The van der Waals surface area contributed by atoms with E-state index in [0.717, 1.165) is 25.5 Å². The van der Waals surface area contributed by atoms with Crippen LogP contribution in [0, 0.1) is 0 Å². The Bertz CT molecular complexity index is 170. The maximum absolute atomic E-state index is 5.25. The molecule has 0 aromatic carbocycles. The zero-order valence-electron chi connectivity index (χ0n) is 6.55. The molecule has 0 spiro atoms. The number of allylic oxidation sites excluding steroid dienone is 1. The van der Waals surface area contributed by atoms with E-state index < -0.39 is 0 Å². The van der Waals surface area contributed by atoms with Gasteiger partial charge in [-0.05, 0) is 13.3 Å². The van der Waals surface area contributed by atoms with Crippen LogP contribution in [0.1, 0.15) is 20.3 Å². The maximum atomic E-state index is 5.25. The molecule has 1 aliphatic rings. The molecule has 0 aliphatic carbocycles. The van der Waals surface area contributed by atoms with Gasteiger partial charge in [0.1, 0.15) is 6.61 Å². The van der Waals surface area contributed by atoms with Gasteiger partial charge in [0.05, 0.1) is 6.54 Å². The predicted octanol–water partition coefficient (Wildman–Crippen LogP) is 1.77. The normalized spacial score (nSPS) is 18.6. The van der Waals surface area contributed by atoms with Crippen LogP contribution in [-0.4, -0.2) is 19.0 Å². The Hall–Kier alpha value is -0.790. The minimum absolute atomic E-state index is 0.754. The molecule has 1 rings (SSSR count). The molecule has 0 fully saturated rings. The first-order valence-electron chi connectivity index (χ1n) is 3.69. The third-order valence-corrected chi connectivity index (χ3v) is 1.43. The van der Waals surface area contributed by atoms with Gasteiger partial charge in [0.25, 0.3) is 0 Å². The molecule has 0 radical (unpaired) electrons. The maximum Gasteiger partial charge on any atom is 0.211 e. The fourth-order valence-electron chi connectivity index (χ4n) is 0.967. The fraction of sp³-hybridized carbons (Fsp3) is 0.625. The van der Waals surface area contributed by atoms with Crippen LogP contribution in [0.5, 0.6) is 0 Å². The van der Waals surface area contributed by atoms with Crippen LogP contribution >= 0.6 is 0 Å². The molecule has 0 amide bonds. The average molecular weight is 139 g/mol. The largest absolute Gasteiger partial charge is 0.476 e. The number of hydrogen-bond acceptors (Lipinski definition) is 2. The third kappa shape index (κ3) is 1.59. The Morgan fingerprint density at radius 1 is 1.80 bits per heavy atom. The lowest BCUT2D eigenvalue weighted by Gasteiger charge is -1.98. The summed E-state index contributed by atoms with van der Waals surface area (Å²) in [6.45, 7) is 5.72. The molecule has 0 unspecified atom stereocenters. The predicted molar refractivity (Wildman–Crippen MR) is 42.3 cm³/mol. The van der Waals surface area contributed by atoms with Gasteiger partial charge in [-0.3, -0.25) is 0 Å². The Labute approximate surface area is 61.6 Å². The van der Waals surface area contributed by atoms with Crippen molar-refractivity contribution in [3.63, 3.8) is 0 Å². The van der Waals surface area contributed by atoms with E-state index >= 15 is 0 Å². The molecular weight excluding hydrogens is 126 g/mol. The van der Waals surface area contributed by atoms with Crippen molar-refractivity contribution in [1.82, 2.24) is 0 Å². The lowest BCUT2D eigenvalue weighted by Crippen LogP contribution is -1.99. The van der Waals surface area contributed by atoms with Gasteiger partial charge in [-0.25, -0.2) is 4.99 Å². The van der Waals surface area contributed by atoms with Gasteiger partial charge in [0.15, 0.2) is 0 Å². The molecule has 0 N–H and O–H groups in total. The van der Waals surface area contributed by atoms with Crippen molar-refractivity contribution >= 4 is 5.90 Å². The van der Waals surface area contributed by atoms with Crippen LogP contribution < -0.4 is 0 Å². The lowest BCUT2D eigenvalue weighted by molar-refractivity contribution is 0.347. The first-order valence-corrected chi connectivity index (χ1v) is 3.69. The summed E-state index contributed by atoms with van der Waals surface area (Å²) in [4.78, 5) is 4.18. The van der Waals surface area contributed by atoms with Gasteiger partial charge < -0.3 is 4.74 Å². The summed E-state index contributed by atoms with van der Waals surface area (Å²) >= 11 is 0. The molecule has 2 heteroatoms. The summed E-state index contributed by atoms with van der Waals surface area (Å²) in [6.07, 6.45) is 3.18. The van der Waals surface area contributed by atoms with E-state index in [-0.39, 0.29) is 0 Å². The highest BCUT2D eigenvalue weighted by Gasteiger charge is 2.07. The summed E-state index contributed by atoms with van der Waals surface area (Å²) in [5.41, 5.74) is 1.17. The van der Waals surface area contributed by atoms with Crippen LogP contribution in [-0.2, 0) is 4.74 Å². The van der Waals surface area contributed by atoms with Crippen molar-refractivity contribution < 1.29 is 4.74 Å². The minimum Gasteiger partial charge on any atom is -0.476 e. The quantitative estimate of drug-likeness (QED) is 0.571. The van der Waals surface area contributed by atoms with Gasteiger partial charge in [0.2, 0.25) is 5.90 Å². The Morgan fingerprint density at radius 2 is 2.60 bits per heavy atom. The molecule has 0 atom stereocenters. The average Bonchev–Trinajstić information content (AvgIpc) is 2.38. The van der Waals surface area contributed by atoms with Crippen molar-refractivity contribution in [2.45, 2.75) is 20.3 Å². The second-order valence-electron chi connectivity index (χ2n) is 2.33. The van der Waals surface area contributed by atoms with E-state index in [9.17, 15) is 0 Å². The molecule has 2 nitrogen and oxygen atoms in total. The SMILES string of the molecule is CC/C=C(\C)C1=NCCO1. The van der Waals surface area contributed by atoms with Crippen LogP contribution in [0.25, 0.3) is 0 Å². The van der Waals surface area contributed by atoms with Crippen molar-refractivity contribution in [1.29, 1.82) is 0 Å². The summed E-state index contributed by atoms with van der Waals surface area (Å²) in [7, 11) is 0. The molecule has 1 heterocycles. The molecule has 0 bridgehead atoms. The van der Waals surface area contributed by atoms with E-state index in [4.69, 9.17) is 4.74 Å². The van der Waals surface area contributed by atoms with Crippen LogP contribution in [0.15, 0.2) is 16.6 Å². The van der Waals surface area contributed by atoms with E-state index in [1.54, 1.807) is 0 Å². The zero-order chi connectivity index (χ0) is 7.40. The molecule has 10 heavy (non-hydrogen) atoms. The Kier molecular flexibility index (Phi) is 2.49. The number of aliphatic imine (C=N–C) groups is 1. The van der Waals surface area contributed by atoms with Crippen molar-refractivity contribution in [3.8, 4) is 0 Å². The van der Waals surface area contributed by atoms with Gasteiger partial charge >= 0.3 is 0 Å². The van der Waals surface area contributed by atoms with Crippen molar-refractivity contribution in [2.24, 2.45) is 4.99 Å². The fourth-order valence-corrected chi connectivity index (χ4v) is 0.967. The van der Waals surface area contributed by atoms with E-state index in [0.29, 0.717) is 0 Å². The number of ether oxygens (including phenoxy) is 1. The molecule has 0 aromatic rings. The van der Waals surface area contributed by atoms with E-state index in [2.05, 4.69) is 18.0 Å². The molecule has 1 aliphatic heterocycles. The minimum atomic E-state index is 0.754. The lowest BCUT2D eigenvalue weighted by atomic mass is 10.2. The Morgan fingerprint density at radius 3 is 3.10 bits per heavy atom. The third-order valence-electron chi connectivity index (χ3n) is 1.43. The van der Waals surface area contributed by atoms with E-state index in [1.807, 2.05) is 6.92 Å². The van der Waals surface area contributed by atoms with Crippen molar-refractivity contribution in [2.75, 3.05) is 13.2 Å². The highest BCUT2D eigenvalue weighted by Crippen LogP contribution is 2.05. The highest BCUT2D eigenvalue weighted by molar-refractivity contribution is 5.93. The topological polar surface area (TPSA) is 21.6 Å². The molecule has 56 valence electrons. The summed E-state index contributed by atoms with van der Waals surface area (Å²) in [6, 6.07) is 0. The first kappa shape index (κ1) is 7.32. The molecular formula is C8H13NO. The summed E-state index contributed by atoms with van der Waals surface area (Å²) < 4.78 is 5.25. The van der Waals surface area contributed by atoms with Crippen molar-refractivity contribution in [3.05, 3.63) is 11.6 Å². The zero-order valence-corrected chi connectivity index (χ0v) is 6.55. The van der Waals surface area contributed by atoms with Gasteiger partial charge in [0, 0.05) is 5.57 Å². The summed E-state index contributed by atoms with van der Waals surface area (Å²) in [5, 5.41) is 0. The second-order valence-corrected chi connectivity index (χ2v) is 2.33. The first-order chi connectivity index (χ1) is 4.84. The van der Waals surface area contributed by atoms with Gasteiger partial charge in [-0.15, -0.1) is 0 Å². The van der Waals surface area contributed by atoms with E-state index in [1.165, 1.54) is 5.57 Å².